The van der Waals surface area contributed by atoms with Gasteiger partial charge >= 0.3 is 0 Å². The molecule has 4 aromatic heterocycles. The maximum absolute atomic E-state index is 17.4. The predicted molar refractivity (Wildman–Crippen MR) is 586 cm³/mol. The Balaban J connectivity index is 0.805. The van der Waals surface area contributed by atoms with Gasteiger partial charge in [-0.2, -0.15) is 0 Å². The lowest BCUT2D eigenvalue weighted by atomic mass is 9.84. The summed E-state index contributed by atoms with van der Waals surface area (Å²) in [5.74, 6) is 4.41. The zero-order chi connectivity index (χ0) is 93.4. The molecule has 0 radical (unpaired) electrons. The smallest absolute Gasteiger partial charge is 0.264 e. The molecule has 0 amide bonds. The molecule has 0 bridgehead atoms. The molecule has 0 fully saturated rings. The highest BCUT2D eigenvalue weighted by atomic mass is 16.5. The average Bonchev–Trinajstić information content (AvgIpc) is 1.22. The monoisotopic (exact) mass is 1830 g/mol. The van der Waals surface area contributed by atoms with Crippen molar-refractivity contribution in [1.29, 1.82) is 0 Å². The van der Waals surface area contributed by atoms with Gasteiger partial charge in [-0.05, 0) is 212 Å². The number of fused-ring (bicyclic) bond motifs is 12. The van der Waals surface area contributed by atoms with Gasteiger partial charge in [-0.25, -0.2) is 9.97 Å². The Labute approximate surface area is 812 Å². The van der Waals surface area contributed by atoms with Gasteiger partial charge in [-0.15, -0.1) is 0 Å². The van der Waals surface area contributed by atoms with Crippen LogP contribution in [0.2, 0.25) is 0 Å². The average molecular weight is 1830 g/mol. The van der Waals surface area contributed by atoms with Crippen molar-refractivity contribution in [3.05, 3.63) is 261 Å². The van der Waals surface area contributed by atoms with E-state index in [0.29, 0.717) is 122 Å². The van der Waals surface area contributed by atoms with Crippen molar-refractivity contribution in [2.24, 2.45) is 0 Å². The molecular weight excluding hydrogens is 1690 g/mol. The van der Waals surface area contributed by atoms with Gasteiger partial charge in [0.05, 0.1) is 32.8 Å². The van der Waals surface area contributed by atoms with E-state index in [9.17, 15) is 0 Å². The summed E-state index contributed by atoms with van der Waals surface area (Å²) in [6, 6.07) is 78.1. The fourth-order valence-electron chi connectivity index (χ4n) is 23.6. The second-order valence-electron chi connectivity index (χ2n) is 40.8. The predicted octanol–water partition coefficient (Wildman–Crippen LogP) is 38.1. The Morgan fingerprint density at radius 3 is 0.717 bits per heavy atom. The van der Waals surface area contributed by atoms with E-state index in [1.54, 1.807) is 0 Å². The number of aryl methyl sites for hydroxylation is 4. The lowest BCUT2D eigenvalue weighted by molar-refractivity contribution is 0.483. The van der Waals surface area contributed by atoms with Crippen molar-refractivity contribution in [3.63, 3.8) is 0 Å². The van der Waals surface area contributed by atoms with Gasteiger partial charge in [0.2, 0.25) is 0 Å². The first-order valence-electron chi connectivity index (χ1n) is 53.9. The lowest BCUT2D eigenvalue weighted by Crippen LogP contribution is -2.15. The molecule has 17 aromatic carbocycles. The molecule has 21 aromatic rings. The van der Waals surface area contributed by atoms with Gasteiger partial charge in [-0.1, -0.05) is 392 Å². The molecule has 0 unspecified atom stereocenters. The summed E-state index contributed by atoms with van der Waals surface area (Å²) in [6.45, 7) is 9.17. The van der Waals surface area contributed by atoms with Crippen molar-refractivity contribution < 1.29 is 18.9 Å². The second-order valence-corrected chi connectivity index (χ2v) is 40.8. The van der Waals surface area contributed by atoms with Crippen LogP contribution in [0, 0.1) is 0 Å². The normalized spacial score (nSPS) is 12.4. The minimum Gasteiger partial charge on any atom is -0.457 e. The number of imidazole rings is 2. The SMILES string of the molecule is CCCCCCCCCCCCc1ccc(Oc2cc3c(=O)n4c(nc5cc6ccc7cccc8ccc(c6c78)c54)c4cc(Oc5ccc(CCCCCCCCCCCC)cc5)c5c6c(Oc7ccc(CCCCCCCCCCCC)cc7)cc7c(=O)n8c(nc9cc%10ccc%11cccc%12ccc(c%10c%11%12)c98)c8cc(Oc9ccc(CCCCCCCCCCCC)cc9)c(c2c5c34)c6c78)cc1. The maximum atomic E-state index is 17.4. The van der Waals surface area contributed by atoms with E-state index in [1.807, 2.05) is 20.9 Å². The zero-order valence-electron chi connectivity index (χ0n) is 82.1. The number of nitrogens with zero attached hydrogens (tertiary/aromatic N) is 4. The topological polar surface area (TPSA) is 106 Å². The van der Waals surface area contributed by atoms with Gasteiger partial charge < -0.3 is 18.9 Å². The van der Waals surface area contributed by atoms with Crippen LogP contribution in [0.15, 0.2) is 228 Å². The highest BCUT2D eigenvalue weighted by Gasteiger charge is 2.34. The van der Waals surface area contributed by atoms with E-state index in [1.165, 1.54) is 253 Å². The number of benzene rings is 17. The fourth-order valence-corrected chi connectivity index (χ4v) is 23.6. The molecule has 704 valence electrons. The van der Waals surface area contributed by atoms with Crippen molar-refractivity contribution in [3.8, 4) is 46.0 Å². The summed E-state index contributed by atoms with van der Waals surface area (Å²) in [5, 5.41) is 20.9. The number of pyridine rings is 2. The van der Waals surface area contributed by atoms with E-state index in [2.05, 4.69) is 234 Å². The number of ether oxygens (including phenoxy) is 4. The molecule has 138 heavy (non-hydrogen) atoms. The van der Waals surface area contributed by atoms with Crippen molar-refractivity contribution >= 4 is 163 Å². The third-order valence-electron chi connectivity index (χ3n) is 30.9. The first-order valence-corrected chi connectivity index (χ1v) is 53.9. The number of aromatic nitrogens is 4. The molecule has 4 heterocycles. The number of unbranched alkanes of at least 4 members (excludes halogenated alkanes) is 36. The van der Waals surface area contributed by atoms with Crippen LogP contribution in [0.4, 0.5) is 0 Å². The Morgan fingerprint density at radius 1 is 0.210 bits per heavy atom. The van der Waals surface area contributed by atoms with E-state index >= 15 is 9.59 Å². The van der Waals surface area contributed by atoms with E-state index in [-0.39, 0.29) is 11.1 Å². The number of rotatable bonds is 52. The largest absolute Gasteiger partial charge is 0.457 e. The zero-order valence-corrected chi connectivity index (χ0v) is 82.1. The summed E-state index contributed by atoms with van der Waals surface area (Å²) in [4.78, 5) is 46.2. The van der Waals surface area contributed by atoms with Crippen LogP contribution >= 0.6 is 0 Å². The minimum absolute atomic E-state index is 0.231. The highest BCUT2D eigenvalue weighted by molar-refractivity contribution is 6.45. The summed E-state index contributed by atoms with van der Waals surface area (Å²) < 4.78 is 35.3. The molecule has 10 heteroatoms. The van der Waals surface area contributed by atoms with Crippen LogP contribution < -0.4 is 30.1 Å². The molecule has 0 spiro atoms. The van der Waals surface area contributed by atoms with E-state index in [4.69, 9.17) is 28.9 Å². The molecule has 0 saturated carbocycles. The Morgan fingerprint density at radius 2 is 0.449 bits per heavy atom. The molecule has 0 aliphatic rings. The Hall–Kier alpha value is -12.4. The number of hydrogen-bond donors (Lipinski definition) is 0. The molecule has 0 atom stereocenters. The molecule has 0 aliphatic carbocycles. The van der Waals surface area contributed by atoms with Crippen molar-refractivity contribution in [2.75, 3.05) is 0 Å². The van der Waals surface area contributed by atoms with Crippen molar-refractivity contribution in [2.45, 2.75) is 310 Å². The fraction of sp³-hybridized carbons (Fsp3) is 0.375. The van der Waals surface area contributed by atoms with Gasteiger partial charge in [-0.3, -0.25) is 18.4 Å². The molecule has 0 aliphatic heterocycles. The van der Waals surface area contributed by atoms with Gasteiger partial charge in [0.25, 0.3) is 11.1 Å². The molecule has 10 nitrogen and oxygen atoms in total. The summed E-state index contributed by atoms with van der Waals surface area (Å²) in [7, 11) is 0. The standard InChI is InChI=1S/C128H136N4O6/c1-5-9-13-17-21-25-29-33-37-41-47-85-55-69-95(70-56-85)135-107-81-101-115-103(127(133)131-123-99-77-67-91-53-45-51-89-63-65-93(113(99)111(89)91)79-105(123)129-125(101)131)84-110(138-98-75-61-88(62-76-98)50-44-40-36-32-28-24-20-16-12-8-4)120-118-108(136-96-71-57-86(58-72-96)48-42-38-34-30-26-22-18-14-10-6-2)82-102-116-104(128(134)132-124-100-78-68-92-54-46-52-90-64-66-94(114(100)112(90)92)80-106(124)130-126(102)132)83-109(119(122(116)118)117(107)121(115)120)137-97-73-59-87(60-74-97)49-43-39-35-31-27-23-19-15-11-7-3/h45-46,51-84H,5-44,47-50H2,1-4H3. The van der Waals surface area contributed by atoms with Crippen LogP contribution in [0.3, 0.4) is 0 Å². The third-order valence-corrected chi connectivity index (χ3v) is 30.9. The van der Waals surface area contributed by atoms with E-state index in [0.717, 1.165) is 138 Å². The highest BCUT2D eigenvalue weighted by Crippen LogP contribution is 2.59. The first kappa shape index (κ1) is 92.0. The van der Waals surface area contributed by atoms with Gasteiger partial charge in [0.15, 0.2) is 0 Å². The minimum atomic E-state index is -0.231. The lowest BCUT2D eigenvalue weighted by Gasteiger charge is -2.25. The second kappa shape index (κ2) is 42.5. The van der Waals surface area contributed by atoms with Crippen LogP contribution in [0.25, 0.3) is 163 Å². The summed E-state index contributed by atoms with van der Waals surface area (Å²) in [5.41, 5.74) is 8.45. The quantitative estimate of drug-likeness (QED) is 0.0211. The summed E-state index contributed by atoms with van der Waals surface area (Å²) in [6.07, 6.45) is 54.8. The first-order chi connectivity index (χ1) is 68.2. The van der Waals surface area contributed by atoms with Gasteiger partial charge in [0, 0.05) is 64.6 Å². The van der Waals surface area contributed by atoms with Crippen molar-refractivity contribution in [1.82, 2.24) is 18.8 Å². The molecule has 0 saturated heterocycles. The molecule has 0 N–H and O–H groups in total. The van der Waals surface area contributed by atoms with Gasteiger partial charge in [0.1, 0.15) is 57.3 Å². The Kier molecular flexibility index (Phi) is 28.3. The maximum Gasteiger partial charge on any atom is 0.264 e. The third kappa shape index (κ3) is 18.7. The van der Waals surface area contributed by atoms with Crippen LogP contribution in [-0.4, -0.2) is 18.8 Å². The molecule has 21 rings (SSSR count). The van der Waals surface area contributed by atoms with E-state index < -0.39 is 0 Å². The van der Waals surface area contributed by atoms with Crippen LogP contribution in [-0.2, 0) is 25.7 Å². The summed E-state index contributed by atoms with van der Waals surface area (Å²) >= 11 is 0. The number of hydrogen-bond acceptors (Lipinski definition) is 8. The van der Waals surface area contributed by atoms with Crippen LogP contribution in [0.5, 0.6) is 46.0 Å². The Bertz CT molecular complexity index is 7410. The van der Waals surface area contributed by atoms with Crippen LogP contribution in [0.1, 0.15) is 307 Å². The molecular formula is C128H136N4O6.